The Bertz CT molecular complexity index is 845. The number of para-hydroxylation sites is 2. The Kier molecular flexibility index (Phi) is 7.11. The number of nitrogens with one attached hydrogen (secondary N) is 2. The van der Waals surface area contributed by atoms with E-state index in [4.69, 9.17) is 4.74 Å². The molecule has 0 saturated carbocycles. The zero-order valence-electron chi connectivity index (χ0n) is 17.1. The highest BCUT2D eigenvalue weighted by atomic mass is 16.5. The van der Waals surface area contributed by atoms with Crippen molar-refractivity contribution in [1.82, 2.24) is 10.2 Å². The van der Waals surface area contributed by atoms with Crippen molar-refractivity contribution in [2.24, 2.45) is 5.92 Å². The molecule has 1 aliphatic rings. The van der Waals surface area contributed by atoms with Gasteiger partial charge in [0.2, 0.25) is 5.91 Å². The summed E-state index contributed by atoms with van der Waals surface area (Å²) in [7, 11) is 1.58. The summed E-state index contributed by atoms with van der Waals surface area (Å²) in [6.07, 6.45) is 2.17. The van der Waals surface area contributed by atoms with Crippen molar-refractivity contribution in [3.63, 3.8) is 0 Å². The SMILES string of the molecule is COc1ccccc1NC(=O)N1CCC(CC(=O)NCc2ccccc2C)CC1. The van der Waals surface area contributed by atoms with Crippen LogP contribution in [-0.2, 0) is 11.3 Å². The van der Waals surface area contributed by atoms with Gasteiger partial charge in [-0.05, 0) is 48.9 Å². The number of rotatable bonds is 6. The largest absolute Gasteiger partial charge is 0.495 e. The number of nitrogens with zero attached hydrogens (tertiary/aromatic N) is 1. The average Bonchev–Trinajstić information content (AvgIpc) is 2.74. The summed E-state index contributed by atoms with van der Waals surface area (Å²) in [6.45, 7) is 3.91. The number of ether oxygens (including phenoxy) is 1. The van der Waals surface area contributed by atoms with Gasteiger partial charge in [-0.3, -0.25) is 4.79 Å². The number of benzene rings is 2. The predicted octanol–water partition coefficient (Wildman–Crippen LogP) is 3.95. The van der Waals surface area contributed by atoms with E-state index in [1.54, 1.807) is 12.0 Å². The van der Waals surface area contributed by atoms with Crippen LogP contribution in [0.3, 0.4) is 0 Å². The molecular weight excluding hydrogens is 366 g/mol. The Balaban J connectivity index is 1.42. The smallest absolute Gasteiger partial charge is 0.321 e. The number of hydrogen-bond donors (Lipinski definition) is 2. The van der Waals surface area contributed by atoms with Gasteiger partial charge in [-0.25, -0.2) is 4.79 Å². The number of hydrogen-bond acceptors (Lipinski definition) is 3. The highest BCUT2D eigenvalue weighted by molar-refractivity contribution is 5.91. The standard InChI is InChI=1S/C23H29N3O3/c1-17-7-3-4-8-19(17)16-24-22(27)15-18-11-13-26(14-12-18)23(28)25-20-9-5-6-10-21(20)29-2/h3-10,18H,11-16H2,1-2H3,(H,24,27)(H,25,28). The van der Waals surface area contributed by atoms with Crippen LogP contribution in [-0.4, -0.2) is 37.0 Å². The lowest BCUT2D eigenvalue weighted by Gasteiger charge is -2.32. The topological polar surface area (TPSA) is 70.7 Å². The number of anilines is 1. The van der Waals surface area contributed by atoms with Gasteiger partial charge in [0, 0.05) is 26.1 Å². The molecule has 0 unspecified atom stereocenters. The molecule has 1 fully saturated rings. The summed E-state index contributed by atoms with van der Waals surface area (Å²) in [5, 5.41) is 5.93. The Morgan fingerprint density at radius 1 is 1.07 bits per heavy atom. The minimum absolute atomic E-state index is 0.0742. The fraction of sp³-hybridized carbons (Fsp3) is 0.391. The van der Waals surface area contributed by atoms with Gasteiger partial charge in [0.05, 0.1) is 12.8 Å². The molecule has 0 spiro atoms. The first kappa shape index (κ1) is 20.7. The zero-order valence-corrected chi connectivity index (χ0v) is 17.1. The molecule has 29 heavy (non-hydrogen) atoms. The minimum Gasteiger partial charge on any atom is -0.495 e. The molecule has 0 atom stereocenters. The van der Waals surface area contributed by atoms with E-state index in [9.17, 15) is 9.59 Å². The molecule has 0 bridgehead atoms. The van der Waals surface area contributed by atoms with Gasteiger partial charge < -0.3 is 20.3 Å². The quantitative estimate of drug-likeness (QED) is 0.778. The van der Waals surface area contributed by atoms with Crippen LogP contribution in [0.5, 0.6) is 5.75 Å². The van der Waals surface area contributed by atoms with Gasteiger partial charge in [-0.15, -0.1) is 0 Å². The number of methoxy groups -OCH3 is 1. The van der Waals surface area contributed by atoms with Gasteiger partial charge in [-0.2, -0.15) is 0 Å². The van der Waals surface area contributed by atoms with E-state index in [-0.39, 0.29) is 11.9 Å². The lowest BCUT2D eigenvalue weighted by atomic mass is 9.93. The van der Waals surface area contributed by atoms with E-state index in [1.165, 1.54) is 5.56 Å². The summed E-state index contributed by atoms with van der Waals surface area (Å²) < 4.78 is 5.28. The number of carbonyl (C=O) groups is 2. The maximum absolute atomic E-state index is 12.5. The molecular formula is C23H29N3O3. The first-order chi connectivity index (χ1) is 14.1. The van der Waals surface area contributed by atoms with Crippen molar-refractivity contribution in [2.45, 2.75) is 32.7 Å². The monoisotopic (exact) mass is 395 g/mol. The van der Waals surface area contributed by atoms with Gasteiger partial charge in [0.15, 0.2) is 0 Å². The Hall–Kier alpha value is -3.02. The number of carbonyl (C=O) groups excluding carboxylic acids is 2. The fourth-order valence-electron chi connectivity index (χ4n) is 3.62. The molecule has 6 heteroatoms. The second-order valence-electron chi connectivity index (χ2n) is 7.47. The summed E-state index contributed by atoms with van der Waals surface area (Å²) >= 11 is 0. The van der Waals surface area contributed by atoms with Crippen LogP contribution in [0, 0.1) is 12.8 Å². The van der Waals surface area contributed by atoms with Gasteiger partial charge in [0.25, 0.3) is 0 Å². The van der Waals surface area contributed by atoms with Crippen molar-refractivity contribution in [3.8, 4) is 5.75 Å². The van der Waals surface area contributed by atoms with Crippen LogP contribution in [0.15, 0.2) is 48.5 Å². The molecule has 1 heterocycles. The molecule has 3 amide bonds. The second kappa shape index (κ2) is 9.96. The molecule has 6 nitrogen and oxygen atoms in total. The predicted molar refractivity (Wildman–Crippen MR) is 114 cm³/mol. The van der Waals surface area contributed by atoms with E-state index < -0.39 is 0 Å². The Morgan fingerprint density at radius 2 is 1.76 bits per heavy atom. The van der Waals surface area contributed by atoms with Crippen molar-refractivity contribution < 1.29 is 14.3 Å². The number of likely N-dealkylation sites (tertiary alicyclic amines) is 1. The third kappa shape index (κ3) is 5.73. The van der Waals surface area contributed by atoms with Crippen molar-refractivity contribution >= 4 is 17.6 Å². The van der Waals surface area contributed by atoms with Crippen LogP contribution in [0.25, 0.3) is 0 Å². The van der Waals surface area contributed by atoms with Gasteiger partial charge in [0.1, 0.15) is 5.75 Å². The number of urea groups is 1. The fourth-order valence-corrected chi connectivity index (χ4v) is 3.62. The Labute approximate surface area is 172 Å². The van der Waals surface area contributed by atoms with Crippen molar-refractivity contribution in [2.75, 3.05) is 25.5 Å². The van der Waals surface area contributed by atoms with Crippen LogP contribution < -0.4 is 15.4 Å². The van der Waals surface area contributed by atoms with Crippen LogP contribution in [0.2, 0.25) is 0 Å². The maximum Gasteiger partial charge on any atom is 0.321 e. The molecule has 0 aromatic heterocycles. The molecule has 154 valence electrons. The number of aryl methyl sites for hydroxylation is 1. The summed E-state index contributed by atoms with van der Waals surface area (Å²) in [4.78, 5) is 26.6. The van der Waals surface area contributed by atoms with Gasteiger partial charge >= 0.3 is 6.03 Å². The zero-order chi connectivity index (χ0) is 20.6. The molecule has 3 rings (SSSR count). The second-order valence-corrected chi connectivity index (χ2v) is 7.47. The third-order valence-electron chi connectivity index (χ3n) is 5.46. The molecule has 2 aromatic rings. The lowest BCUT2D eigenvalue weighted by Crippen LogP contribution is -2.41. The van der Waals surface area contributed by atoms with Gasteiger partial charge in [-0.1, -0.05) is 36.4 Å². The highest BCUT2D eigenvalue weighted by Gasteiger charge is 2.25. The minimum atomic E-state index is -0.128. The highest BCUT2D eigenvalue weighted by Crippen LogP contribution is 2.25. The summed E-state index contributed by atoms with van der Waals surface area (Å²) in [5.74, 6) is 1.02. The molecule has 2 aromatic carbocycles. The van der Waals surface area contributed by atoms with Crippen LogP contribution in [0.1, 0.15) is 30.4 Å². The van der Waals surface area contributed by atoms with Crippen LogP contribution >= 0.6 is 0 Å². The number of amides is 3. The van der Waals surface area contributed by atoms with Crippen LogP contribution in [0.4, 0.5) is 10.5 Å². The summed E-state index contributed by atoms with van der Waals surface area (Å²) in [5.41, 5.74) is 2.99. The van der Waals surface area contributed by atoms with E-state index >= 15 is 0 Å². The van der Waals surface area contributed by atoms with Crippen molar-refractivity contribution in [1.29, 1.82) is 0 Å². The number of piperidine rings is 1. The molecule has 1 aliphatic heterocycles. The molecule has 2 N–H and O–H groups in total. The molecule has 1 saturated heterocycles. The maximum atomic E-state index is 12.5. The first-order valence-corrected chi connectivity index (χ1v) is 10.1. The summed E-state index contributed by atoms with van der Waals surface area (Å²) in [6, 6.07) is 15.3. The first-order valence-electron chi connectivity index (χ1n) is 10.1. The van der Waals surface area contributed by atoms with E-state index in [2.05, 4.69) is 10.6 Å². The lowest BCUT2D eigenvalue weighted by molar-refractivity contribution is -0.122. The molecule has 0 aliphatic carbocycles. The van der Waals surface area contributed by atoms with E-state index in [1.807, 2.05) is 55.5 Å². The average molecular weight is 396 g/mol. The van der Waals surface area contributed by atoms with E-state index in [0.717, 1.165) is 18.4 Å². The van der Waals surface area contributed by atoms with E-state index in [0.29, 0.717) is 43.4 Å². The third-order valence-corrected chi connectivity index (χ3v) is 5.46. The Morgan fingerprint density at radius 3 is 2.48 bits per heavy atom. The molecule has 0 radical (unpaired) electrons. The normalized spacial score (nSPS) is 14.3. The van der Waals surface area contributed by atoms with Crippen molar-refractivity contribution in [3.05, 3.63) is 59.7 Å².